The van der Waals surface area contributed by atoms with Crippen LogP contribution in [-0.2, 0) is 6.54 Å². The highest BCUT2D eigenvalue weighted by molar-refractivity contribution is 5.85. The molecule has 1 aromatic carbocycles. The van der Waals surface area contributed by atoms with Gasteiger partial charge in [0.25, 0.3) is 0 Å². The summed E-state index contributed by atoms with van der Waals surface area (Å²) in [5.41, 5.74) is 3.22. The van der Waals surface area contributed by atoms with E-state index in [2.05, 4.69) is 60.3 Å². The van der Waals surface area contributed by atoms with Gasteiger partial charge < -0.3 is 9.47 Å². The van der Waals surface area contributed by atoms with Crippen LogP contribution in [0.2, 0.25) is 0 Å². The molecule has 132 valence electrons. The first-order valence-corrected chi connectivity index (χ1v) is 9.31. The second kappa shape index (κ2) is 8.86. The highest BCUT2D eigenvalue weighted by Crippen LogP contribution is 2.24. The highest BCUT2D eigenvalue weighted by Gasteiger charge is 2.14. The summed E-state index contributed by atoms with van der Waals surface area (Å²) in [6.45, 7) is 11.8. The first kappa shape index (κ1) is 18.5. The number of benzene rings is 1. The number of rotatable bonds is 10. The molecule has 0 radical (unpaired) electrons. The first-order chi connectivity index (χ1) is 11.6. The molecule has 1 aromatic heterocycles. The summed E-state index contributed by atoms with van der Waals surface area (Å²) in [7, 11) is 0. The van der Waals surface area contributed by atoms with Crippen molar-refractivity contribution in [3.8, 4) is 0 Å². The van der Waals surface area contributed by atoms with Gasteiger partial charge in [0, 0.05) is 25.3 Å². The molecule has 0 aliphatic carbocycles. The van der Waals surface area contributed by atoms with Crippen LogP contribution >= 0.6 is 0 Å². The molecule has 0 atom stereocenters. The van der Waals surface area contributed by atoms with Crippen molar-refractivity contribution in [3.63, 3.8) is 0 Å². The number of anilines is 1. The van der Waals surface area contributed by atoms with Crippen LogP contribution in [0.15, 0.2) is 18.2 Å². The number of hydrogen-bond donors (Lipinski definition) is 0. The molecule has 1 heterocycles. The number of carbonyl (C=O) groups excluding carboxylic acids is 1. The SMILES string of the molecule is CCCCN(CCCC)c1ccc2nc(C=O)n(CC(C)C)c2c1. The molecule has 0 N–H and O–H groups in total. The molecular weight excluding hydrogens is 298 g/mol. The van der Waals surface area contributed by atoms with Gasteiger partial charge in [-0.3, -0.25) is 4.79 Å². The van der Waals surface area contributed by atoms with Crippen molar-refractivity contribution >= 4 is 23.0 Å². The number of unbranched alkanes of at least 4 members (excludes halogenated alkanes) is 2. The molecule has 24 heavy (non-hydrogen) atoms. The zero-order chi connectivity index (χ0) is 17.5. The summed E-state index contributed by atoms with van der Waals surface area (Å²) in [5, 5.41) is 0. The lowest BCUT2D eigenvalue weighted by Gasteiger charge is -2.25. The summed E-state index contributed by atoms with van der Waals surface area (Å²) in [5.74, 6) is 1.01. The number of aromatic nitrogens is 2. The molecular formula is C20H31N3O. The second-order valence-corrected chi connectivity index (χ2v) is 6.96. The number of hydrogen-bond acceptors (Lipinski definition) is 3. The van der Waals surface area contributed by atoms with E-state index in [0.717, 1.165) is 37.0 Å². The highest BCUT2D eigenvalue weighted by atomic mass is 16.1. The minimum atomic E-state index is 0.473. The van der Waals surface area contributed by atoms with Crippen molar-refractivity contribution in [2.75, 3.05) is 18.0 Å². The van der Waals surface area contributed by atoms with E-state index < -0.39 is 0 Å². The van der Waals surface area contributed by atoms with Crippen LogP contribution in [0, 0.1) is 5.92 Å². The number of fused-ring (bicyclic) bond motifs is 1. The van der Waals surface area contributed by atoms with Crippen LogP contribution in [0.4, 0.5) is 5.69 Å². The summed E-state index contributed by atoms with van der Waals surface area (Å²) in [6, 6.07) is 6.41. The average molecular weight is 329 g/mol. The summed E-state index contributed by atoms with van der Waals surface area (Å²) >= 11 is 0. The molecule has 0 spiro atoms. The minimum absolute atomic E-state index is 0.473. The maximum atomic E-state index is 11.4. The van der Waals surface area contributed by atoms with E-state index in [1.165, 1.54) is 31.4 Å². The Morgan fingerprint density at radius 2 is 1.83 bits per heavy atom. The number of carbonyl (C=O) groups is 1. The predicted molar refractivity (Wildman–Crippen MR) is 102 cm³/mol. The molecule has 2 aromatic rings. The van der Waals surface area contributed by atoms with Gasteiger partial charge in [0.15, 0.2) is 12.1 Å². The third kappa shape index (κ3) is 4.37. The molecule has 0 bridgehead atoms. The minimum Gasteiger partial charge on any atom is -0.371 e. The smallest absolute Gasteiger partial charge is 0.185 e. The summed E-state index contributed by atoms with van der Waals surface area (Å²) in [6.07, 6.45) is 5.67. The monoisotopic (exact) mass is 329 g/mol. The first-order valence-electron chi connectivity index (χ1n) is 9.31. The van der Waals surface area contributed by atoms with Gasteiger partial charge in [0.1, 0.15) is 0 Å². The lowest BCUT2D eigenvalue weighted by molar-refractivity contribution is 0.111. The van der Waals surface area contributed by atoms with Gasteiger partial charge in [-0.2, -0.15) is 0 Å². The summed E-state index contributed by atoms with van der Waals surface area (Å²) < 4.78 is 2.06. The van der Waals surface area contributed by atoms with Crippen LogP contribution in [0.5, 0.6) is 0 Å². The number of imidazole rings is 1. The largest absolute Gasteiger partial charge is 0.371 e. The van der Waals surface area contributed by atoms with Crippen LogP contribution in [-0.4, -0.2) is 28.9 Å². The number of nitrogens with zero attached hydrogens (tertiary/aromatic N) is 3. The Morgan fingerprint density at radius 3 is 2.38 bits per heavy atom. The fourth-order valence-corrected chi connectivity index (χ4v) is 3.04. The molecule has 0 amide bonds. The summed E-state index contributed by atoms with van der Waals surface area (Å²) in [4.78, 5) is 18.3. The van der Waals surface area contributed by atoms with Gasteiger partial charge in [-0.15, -0.1) is 0 Å². The Hall–Kier alpha value is -1.84. The second-order valence-electron chi connectivity index (χ2n) is 6.96. The van der Waals surface area contributed by atoms with Gasteiger partial charge in [0.05, 0.1) is 11.0 Å². The van der Waals surface area contributed by atoms with Crippen molar-refractivity contribution in [1.82, 2.24) is 9.55 Å². The average Bonchev–Trinajstić information content (AvgIpc) is 2.91. The lowest BCUT2D eigenvalue weighted by atomic mass is 10.2. The maximum absolute atomic E-state index is 11.4. The van der Waals surface area contributed by atoms with E-state index in [9.17, 15) is 4.79 Å². The zero-order valence-corrected chi connectivity index (χ0v) is 15.6. The Kier molecular flexibility index (Phi) is 6.83. The molecule has 4 nitrogen and oxygen atoms in total. The molecule has 0 aliphatic rings. The Labute approximate surface area is 145 Å². The third-order valence-corrected chi connectivity index (χ3v) is 4.34. The molecule has 2 rings (SSSR count). The maximum Gasteiger partial charge on any atom is 0.185 e. The Bertz CT molecular complexity index is 652. The quantitative estimate of drug-likeness (QED) is 0.581. The van der Waals surface area contributed by atoms with Gasteiger partial charge in [0.2, 0.25) is 0 Å². The normalized spacial score (nSPS) is 11.4. The van der Waals surface area contributed by atoms with Gasteiger partial charge in [-0.05, 0) is 37.0 Å². The van der Waals surface area contributed by atoms with Crippen molar-refractivity contribution in [1.29, 1.82) is 0 Å². The van der Waals surface area contributed by atoms with E-state index in [4.69, 9.17) is 0 Å². The van der Waals surface area contributed by atoms with Crippen LogP contribution in [0.1, 0.15) is 64.0 Å². The Balaban J connectivity index is 2.40. The zero-order valence-electron chi connectivity index (χ0n) is 15.6. The standard InChI is InChI=1S/C20H31N3O/c1-5-7-11-22(12-8-6-2)17-9-10-18-19(13-17)23(14-16(3)4)20(15-24)21-18/h9-10,13,15-16H,5-8,11-12,14H2,1-4H3. The third-order valence-electron chi connectivity index (χ3n) is 4.34. The van der Waals surface area contributed by atoms with Crippen molar-refractivity contribution in [2.45, 2.75) is 59.9 Å². The number of aldehydes is 1. The van der Waals surface area contributed by atoms with Gasteiger partial charge >= 0.3 is 0 Å². The topological polar surface area (TPSA) is 38.1 Å². The fourth-order valence-electron chi connectivity index (χ4n) is 3.04. The molecule has 4 heteroatoms. The van der Waals surface area contributed by atoms with E-state index in [-0.39, 0.29) is 0 Å². The molecule has 0 aliphatic heterocycles. The predicted octanol–water partition coefficient (Wildman–Crippen LogP) is 4.91. The molecule has 0 fully saturated rings. The van der Waals surface area contributed by atoms with Gasteiger partial charge in [-0.1, -0.05) is 40.5 Å². The van der Waals surface area contributed by atoms with E-state index in [1.54, 1.807) is 0 Å². The van der Waals surface area contributed by atoms with Crippen LogP contribution in [0.3, 0.4) is 0 Å². The molecule has 0 saturated heterocycles. The molecule has 0 saturated carbocycles. The fraction of sp³-hybridized carbons (Fsp3) is 0.600. The van der Waals surface area contributed by atoms with Crippen molar-refractivity contribution in [2.24, 2.45) is 5.92 Å². The van der Waals surface area contributed by atoms with Crippen LogP contribution in [0.25, 0.3) is 11.0 Å². The van der Waals surface area contributed by atoms with E-state index >= 15 is 0 Å². The Morgan fingerprint density at radius 1 is 1.17 bits per heavy atom. The van der Waals surface area contributed by atoms with E-state index in [1.807, 2.05) is 0 Å². The molecule has 0 unspecified atom stereocenters. The van der Waals surface area contributed by atoms with Crippen molar-refractivity contribution < 1.29 is 4.79 Å². The lowest BCUT2D eigenvalue weighted by Crippen LogP contribution is -2.25. The van der Waals surface area contributed by atoms with Gasteiger partial charge in [-0.25, -0.2) is 4.98 Å². The van der Waals surface area contributed by atoms with Crippen molar-refractivity contribution in [3.05, 3.63) is 24.0 Å². The van der Waals surface area contributed by atoms with E-state index in [0.29, 0.717) is 11.7 Å². The van der Waals surface area contributed by atoms with Crippen LogP contribution < -0.4 is 4.90 Å².